The van der Waals surface area contributed by atoms with Crippen LogP contribution >= 0.6 is 0 Å². The van der Waals surface area contributed by atoms with E-state index < -0.39 is 11.8 Å². The molecule has 0 saturated heterocycles. The van der Waals surface area contributed by atoms with Gasteiger partial charge in [-0.05, 0) is 42.8 Å². The number of nitrogens with one attached hydrogen (secondary N) is 2. The smallest absolute Gasteiger partial charge is 0.259 e. The minimum atomic E-state index is -0.451. The summed E-state index contributed by atoms with van der Waals surface area (Å²) in [5.74, 6) is 1.11. The summed E-state index contributed by atoms with van der Waals surface area (Å²) in [5.41, 5.74) is 4.51. The molecule has 2 rings (SSSR count). The van der Waals surface area contributed by atoms with Crippen LogP contribution in [0.3, 0.4) is 0 Å². The van der Waals surface area contributed by atoms with E-state index in [0.717, 1.165) is 11.3 Å². The van der Waals surface area contributed by atoms with Crippen LogP contribution in [0.2, 0.25) is 0 Å². The third-order valence-electron chi connectivity index (χ3n) is 4.11. The predicted molar refractivity (Wildman–Crippen MR) is 115 cm³/mol. The monoisotopic (exact) mass is 411 g/mol. The van der Waals surface area contributed by atoms with Crippen molar-refractivity contribution < 1.29 is 23.8 Å². The lowest BCUT2D eigenvalue weighted by atomic mass is 10.1. The van der Waals surface area contributed by atoms with E-state index >= 15 is 0 Å². The highest BCUT2D eigenvalue weighted by atomic mass is 16.5. The van der Waals surface area contributed by atoms with E-state index in [9.17, 15) is 9.59 Å². The highest BCUT2D eigenvalue weighted by Crippen LogP contribution is 2.25. The van der Waals surface area contributed by atoms with Crippen molar-refractivity contribution in [3.63, 3.8) is 0 Å². The van der Waals surface area contributed by atoms with Crippen molar-refractivity contribution >= 4 is 23.6 Å². The Balaban J connectivity index is 1.86. The molecule has 2 amide bonds. The van der Waals surface area contributed by atoms with Gasteiger partial charge in [-0.3, -0.25) is 9.59 Å². The number of hydrazone groups is 1. The maximum atomic E-state index is 12.0. The van der Waals surface area contributed by atoms with Crippen molar-refractivity contribution in [2.45, 2.75) is 6.92 Å². The molecule has 2 N–H and O–H groups in total. The topological polar surface area (TPSA) is 98.2 Å². The zero-order valence-corrected chi connectivity index (χ0v) is 17.4. The molecule has 30 heavy (non-hydrogen) atoms. The van der Waals surface area contributed by atoms with Crippen LogP contribution in [0.4, 0.5) is 0 Å². The lowest BCUT2D eigenvalue weighted by Gasteiger charge is -2.10. The van der Waals surface area contributed by atoms with Gasteiger partial charge in [0.1, 0.15) is 17.2 Å². The second-order valence-corrected chi connectivity index (χ2v) is 6.12. The van der Waals surface area contributed by atoms with Gasteiger partial charge >= 0.3 is 0 Å². The van der Waals surface area contributed by atoms with Crippen LogP contribution in [0.1, 0.15) is 18.1 Å². The molecule has 0 bridgehead atoms. The molecule has 0 atom stereocenters. The average Bonchev–Trinajstić information content (AvgIpc) is 2.79. The van der Waals surface area contributed by atoms with E-state index in [1.165, 1.54) is 6.08 Å². The molecule has 0 spiro atoms. The predicted octanol–water partition coefficient (Wildman–Crippen LogP) is 2.38. The van der Waals surface area contributed by atoms with Crippen molar-refractivity contribution in [3.05, 3.63) is 59.7 Å². The summed E-state index contributed by atoms with van der Waals surface area (Å²) in [4.78, 5) is 23.8. The molecule has 0 aliphatic rings. The largest absolute Gasteiger partial charge is 0.497 e. The van der Waals surface area contributed by atoms with Crippen molar-refractivity contribution in [1.82, 2.24) is 10.7 Å². The molecule has 0 aromatic heterocycles. The number of hydrogen-bond donors (Lipinski definition) is 2. The Kier molecular flexibility index (Phi) is 8.43. The van der Waals surface area contributed by atoms with Crippen LogP contribution in [0, 0.1) is 0 Å². The molecule has 0 fully saturated rings. The summed E-state index contributed by atoms with van der Waals surface area (Å²) in [6, 6.07) is 12.5. The molecule has 8 nitrogen and oxygen atoms in total. The van der Waals surface area contributed by atoms with Gasteiger partial charge in [-0.15, -0.1) is 0 Å². The second-order valence-electron chi connectivity index (χ2n) is 6.12. The van der Waals surface area contributed by atoms with Gasteiger partial charge in [0.05, 0.1) is 33.6 Å². The number of rotatable bonds is 9. The third kappa shape index (κ3) is 6.66. The van der Waals surface area contributed by atoms with Gasteiger partial charge in [0.15, 0.2) is 0 Å². The first kappa shape index (κ1) is 22.5. The quantitative estimate of drug-likeness (QED) is 0.375. The van der Waals surface area contributed by atoms with Crippen molar-refractivity contribution in [2.24, 2.45) is 5.10 Å². The maximum Gasteiger partial charge on any atom is 0.259 e. The second kappa shape index (κ2) is 11.3. The van der Waals surface area contributed by atoms with Gasteiger partial charge in [0, 0.05) is 17.7 Å². The molecule has 0 heterocycles. The zero-order valence-electron chi connectivity index (χ0n) is 17.4. The summed E-state index contributed by atoms with van der Waals surface area (Å²) in [7, 11) is 4.69. The SMILES string of the molecule is COc1ccc(/C=C\C(=O)NCC(=O)N/N=C(\C)c2ccc(OC)cc2OC)cc1. The van der Waals surface area contributed by atoms with E-state index in [-0.39, 0.29) is 6.54 Å². The normalized spacial score (nSPS) is 11.1. The first-order valence-electron chi connectivity index (χ1n) is 9.12. The lowest BCUT2D eigenvalue weighted by molar-refractivity contribution is -0.123. The van der Waals surface area contributed by atoms with E-state index in [0.29, 0.717) is 22.8 Å². The van der Waals surface area contributed by atoms with E-state index in [4.69, 9.17) is 14.2 Å². The molecule has 2 aromatic carbocycles. The van der Waals surface area contributed by atoms with Crippen LogP contribution in [0.5, 0.6) is 17.2 Å². The fraction of sp³-hybridized carbons (Fsp3) is 0.227. The van der Waals surface area contributed by atoms with Crippen LogP contribution in [0.25, 0.3) is 6.08 Å². The summed E-state index contributed by atoms with van der Waals surface area (Å²) in [5, 5.41) is 6.56. The Labute approximate surface area is 175 Å². The van der Waals surface area contributed by atoms with E-state index in [1.54, 1.807) is 64.7 Å². The molecule has 0 saturated carbocycles. The van der Waals surface area contributed by atoms with E-state index in [2.05, 4.69) is 15.8 Å². The maximum absolute atomic E-state index is 12.0. The summed E-state index contributed by atoms with van der Waals surface area (Å²) < 4.78 is 15.6. The van der Waals surface area contributed by atoms with Gasteiger partial charge in [-0.1, -0.05) is 12.1 Å². The minimum absolute atomic E-state index is 0.206. The molecule has 158 valence electrons. The molecule has 0 radical (unpaired) electrons. The summed E-state index contributed by atoms with van der Waals surface area (Å²) in [6.07, 6.45) is 3.00. The van der Waals surface area contributed by atoms with Crippen molar-refractivity contribution in [1.29, 1.82) is 0 Å². The van der Waals surface area contributed by atoms with Crippen LogP contribution in [-0.2, 0) is 9.59 Å². The zero-order chi connectivity index (χ0) is 21.9. The molecule has 0 aliphatic carbocycles. The first-order chi connectivity index (χ1) is 14.5. The number of amides is 2. The molecule has 0 unspecified atom stereocenters. The molecular weight excluding hydrogens is 386 g/mol. The lowest BCUT2D eigenvalue weighted by Crippen LogP contribution is -2.34. The van der Waals surface area contributed by atoms with Crippen molar-refractivity contribution in [2.75, 3.05) is 27.9 Å². The first-order valence-corrected chi connectivity index (χ1v) is 9.12. The Bertz CT molecular complexity index is 936. The van der Waals surface area contributed by atoms with Gasteiger partial charge in [0.2, 0.25) is 5.91 Å². The summed E-state index contributed by atoms with van der Waals surface area (Å²) in [6.45, 7) is 1.53. The molecule has 0 aliphatic heterocycles. The van der Waals surface area contributed by atoms with Gasteiger partial charge < -0.3 is 19.5 Å². The van der Waals surface area contributed by atoms with Crippen LogP contribution in [0.15, 0.2) is 53.6 Å². The molecule has 8 heteroatoms. The Hall–Kier alpha value is -3.81. The van der Waals surface area contributed by atoms with Crippen LogP contribution in [-0.4, -0.2) is 45.4 Å². The minimum Gasteiger partial charge on any atom is -0.497 e. The number of hydrogen-bond acceptors (Lipinski definition) is 6. The molecular formula is C22H25N3O5. The summed E-state index contributed by atoms with van der Waals surface area (Å²) >= 11 is 0. The van der Waals surface area contributed by atoms with Gasteiger partial charge in [-0.25, -0.2) is 5.43 Å². The van der Waals surface area contributed by atoms with E-state index in [1.807, 2.05) is 12.1 Å². The average molecular weight is 411 g/mol. The standard InChI is InChI=1S/C22H25N3O5/c1-15(19-11-10-18(29-3)13-20(19)30-4)24-25-22(27)14-23-21(26)12-7-16-5-8-17(28-2)9-6-16/h5-13H,14H2,1-4H3,(H,23,26)(H,25,27)/b12-7-,24-15+. The number of carbonyl (C=O) groups is 2. The number of methoxy groups -OCH3 is 3. The number of carbonyl (C=O) groups excluding carboxylic acids is 2. The molecule has 2 aromatic rings. The Morgan fingerprint density at radius 2 is 1.63 bits per heavy atom. The highest BCUT2D eigenvalue weighted by Gasteiger charge is 2.09. The van der Waals surface area contributed by atoms with Crippen molar-refractivity contribution in [3.8, 4) is 17.2 Å². The van der Waals surface area contributed by atoms with Gasteiger partial charge in [-0.2, -0.15) is 5.10 Å². The highest BCUT2D eigenvalue weighted by molar-refractivity contribution is 6.02. The fourth-order valence-corrected chi connectivity index (χ4v) is 2.46. The Morgan fingerprint density at radius 1 is 0.967 bits per heavy atom. The number of ether oxygens (including phenoxy) is 3. The third-order valence-corrected chi connectivity index (χ3v) is 4.11. The Morgan fingerprint density at radius 3 is 2.27 bits per heavy atom. The van der Waals surface area contributed by atoms with Crippen LogP contribution < -0.4 is 25.0 Å². The number of benzene rings is 2. The fourth-order valence-electron chi connectivity index (χ4n) is 2.46. The van der Waals surface area contributed by atoms with Gasteiger partial charge in [0.25, 0.3) is 5.91 Å². The number of nitrogens with zero attached hydrogens (tertiary/aromatic N) is 1.